The molecule has 0 aliphatic carbocycles. The van der Waals surface area contributed by atoms with Crippen LogP contribution >= 0.6 is 0 Å². The van der Waals surface area contributed by atoms with Gasteiger partial charge in [-0.05, 0) is 6.72 Å². The standard InChI is InChI=1S/C14H19FN4O4/c1-4-5-22-13(17-3)10-12(16-2)19(7-18-10)14-9(15)11(21)8(6-20)23-14/h4,7-9,11,14,20-21H,1-2,5-6H2,3H3/t8?,9-,11-,14?/m1/s1. The van der Waals surface area contributed by atoms with E-state index in [1.54, 1.807) is 6.08 Å². The van der Waals surface area contributed by atoms with Crippen molar-refractivity contribution >= 4 is 18.4 Å². The molecule has 126 valence electrons. The number of hydrogen-bond donors (Lipinski definition) is 2. The van der Waals surface area contributed by atoms with E-state index in [0.717, 1.165) is 0 Å². The topological polar surface area (TPSA) is 101 Å². The van der Waals surface area contributed by atoms with Crippen molar-refractivity contribution in [3.8, 4) is 0 Å². The van der Waals surface area contributed by atoms with E-state index in [1.807, 2.05) is 0 Å². The zero-order valence-corrected chi connectivity index (χ0v) is 12.7. The molecule has 0 radical (unpaired) electrons. The minimum atomic E-state index is -1.74. The van der Waals surface area contributed by atoms with Crippen molar-refractivity contribution in [2.24, 2.45) is 9.98 Å². The second-order valence-corrected chi connectivity index (χ2v) is 4.79. The normalized spacial score (nSPS) is 27.9. The molecule has 8 nitrogen and oxygen atoms in total. The van der Waals surface area contributed by atoms with Crippen molar-refractivity contribution < 1.29 is 24.1 Å². The van der Waals surface area contributed by atoms with E-state index >= 15 is 0 Å². The molecule has 2 heterocycles. The highest BCUT2D eigenvalue weighted by molar-refractivity contribution is 5.96. The fourth-order valence-corrected chi connectivity index (χ4v) is 2.30. The molecule has 1 saturated heterocycles. The number of aromatic nitrogens is 2. The van der Waals surface area contributed by atoms with E-state index in [0.29, 0.717) is 0 Å². The van der Waals surface area contributed by atoms with E-state index in [-0.39, 0.29) is 24.0 Å². The summed E-state index contributed by atoms with van der Waals surface area (Å²) in [5.74, 6) is 0.381. The summed E-state index contributed by atoms with van der Waals surface area (Å²) in [6.07, 6.45) is -2.54. The first kappa shape index (κ1) is 17.3. The first-order valence-electron chi connectivity index (χ1n) is 6.91. The molecule has 0 bridgehead atoms. The Hall–Kier alpha value is -2.10. The van der Waals surface area contributed by atoms with Gasteiger partial charge in [-0.3, -0.25) is 9.56 Å². The number of imidazole rings is 1. The third-order valence-electron chi connectivity index (χ3n) is 3.41. The van der Waals surface area contributed by atoms with Gasteiger partial charge in [0.1, 0.15) is 18.8 Å². The van der Waals surface area contributed by atoms with Gasteiger partial charge < -0.3 is 19.7 Å². The molecule has 1 aliphatic heterocycles. The van der Waals surface area contributed by atoms with E-state index < -0.39 is 31.2 Å². The fraction of sp³-hybridized carbons (Fsp3) is 0.500. The Balaban J connectivity index is 2.35. The number of halogens is 1. The Morgan fingerprint density at radius 2 is 2.39 bits per heavy atom. The Morgan fingerprint density at radius 3 is 2.91 bits per heavy atom. The van der Waals surface area contributed by atoms with E-state index in [9.17, 15) is 9.50 Å². The lowest BCUT2D eigenvalue weighted by molar-refractivity contribution is -0.0466. The predicted molar refractivity (Wildman–Crippen MR) is 81.9 cm³/mol. The maximum Gasteiger partial charge on any atom is 0.239 e. The Labute approximate surface area is 132 Å². The van der Waals surface area contributed by atoms with Crippen LogP contribution in [0.2, 0.25) is 0 Å². The van der Waals surface area contributed by atoms with Gasteiger partial charge in [-0.2, -0.15) is 0 Å². The second-order valence-electron chi connectivity index (χ2n) is 4.79. The average Bonchev–Trinajstić information content (AvgIpc) is 3.10. The van der Waals surface area contributed by atoms with Gasteiger partial charge in [-0.25, -0.2) is 14.4 Å². The molecule has 2 N–H and O–H groups in total. The summed E-state index contributed by atoms with van der Waals surface area (Å²) in [6, 6.07) is 0. The molecule has 4 atom stereocenters. The van der Waals surface area contributed by atoms with Crippen LogP contribution in [0.5, 0.6) is 0 Å². The van der Waals surface area contributed by atoms with Crippen LogP contribution in [0.3, 0.4) is 0 Å². The average molecular weight is 326 g/mol. The molecule has 1 aliphatic rings. The third kappa shape index (κ3) is 3.16. The molecular weight excluding hydrogens is 307 g/mol. The maximum atomic E-state index is 14.2. The SMILES string of the molecule is C=CCOC(=NC)c1ncn(C2OC(CO)[C@@H](O)[C@H]2F)c1N=C. The van der Waals surface area contributed by atoms with E-state index in [1.165, 1.54) is 17.9 Å². The molecule has 1 fully saturated rings. The minimum Gasteiger partial charge on any atom is -0.472 e. The van der Waals surface area contributed by atoms with Crippen molar-refractivity contribution in [3.63, 3.8) is 0 Å². The Kier molecular flexibility index (Phi) is 5.59. The number of rotatable bonds is 6. The summed E-state index contributed by atoms with van der Waals surface area (Å²) in [5.41, 5.74) is 0.266. The quantitative estimate of drug-likeness (QED) is 0.447. The Morgan fingerprint density at radius 1 is 1.65 bits per heavy atom. The van der Waals surface area contributed by atoms with Crippen LogP contribution in [-0.2, 0) is 9.47 Å². The molecule has 1 aromatic heterocycles. The minimum absolute atomic E-state index is 0.188. The van der Waals surface area contributed by atoms with Crippen LogP contribution in [-0.4, -0.2) is 71.0 Å². The van der Waals surface area contributed by atoms with E-state index in [4.69, 9.17) is 14.6 Å². The zero-order valence-electron chi connectivity index (χ0n) is 12.7. The summed E-state index contributed by atoms with van der Waals surface area (Å²) in [7, 11) is 1.51. The van der Waals surface area contributed by atoms with Gasteiger partial charge in [0, 0.05) is 7.05 Å². The molecule has 0 saturated carbocycles. The van der Waals surface area contributed by atoms with Crippen molar-refractivity contribution in [2.75, 3.05) is 20.3 Å². The summed E-state index contributed by atoms with van der Waals surface area (Å²) in [6.45, 7) is 6.71. The predicted octanol–water partition coefficient (Wildman–Crippen LogP) is 0.383. The number of hydrogen-bond acceptors (Lipinski definition) is 7. The van der Waals surface area contributed by atoms with Crippen LogP contribution in [0.15, 0.2) is 29.0 Å². The lowest BCUT2D eigenvalue weighted by Crippen LogP contribution is -2.30. The molecule has 0 aromatic carbocycles. The van der Waals surface area contributed by atoms with Crippen molar-refractivity contribution in [3.05, 3.63) is 24.7 Å². The van der Waals surface area contributed by atoms with Gasteiger partial charge in [-0.1, -0.05) is 12.7 Å². The van der Waals surface area contributed by atoms with Gasteiger partial charge in [0.05, 0.1) is 12.9 Å². The number of aliphatic hydroxyl groups excluding tert-OH is 2. The molecule has 9 heteroatoms. The van der Waals surface area contributed by atoms with Crippen molar-refractivity contribution in [1.82, 2.24) is 9.55 Å². The van der Waals surface area contributed by atoms with Crippen LogP contribution in [0.1, 0.15) is 11.9 Å². The monoisotopic (exact) mass is 326 g/mol. The summed E-state index contributed by atoms with van der Waals surface area (Å²) in [5, 5.41) is 18.8. The van der Waals surface area contributed by atoms with Crippen LogP contribution < -0.4 is 0 Å². The maximum absolute atomic E-state index is 14.2. The van der Waals surface area contributed by atoms with Crippen LogP contribution in [0.25, 0.3) is 0 Å². The summed E-state index contributed by atoms with van der Waals surface area (Å²) in [4.78, 5) is 11.9. The molecule has 2 rings (SSSR count). The molecule has 23 heavy (non-hydrogen) atoms. The van der Waals surface area contributed by atoms with Gasteiger partial charge in [0.2, 0.25) is 5.90 Å². The highest BCUT2D eigenvalue weighted by Crippen LogP contribution is 2.35. The van der Waals surface area contributed by atoms with Gasteiger partial charge >= 0.3 is 0 Å². The molecular formula is C14H19FN4O4. The van der Waals surface area contributed by atoms with E-state index in [2.05, 4.69) is 28.3 Å². The highest BCUT2D eigenvalue weighted by Gasteiger charge is 2.45. The lowest BCUT2D eigenvalue weighted by atomic mass is 10.1. The third-order valence-corrected chi connectivity index (χ3v) is 3.41. The van der Waals surface area contributed by atoms with Crippen LogP contribution in [0, 0.1) is 0 Å². The number of alkyl halides is 1. The largest absolute Gasteiger partial charge is 0.472 e. The smallest absolute Gasteiger partial charge is 0.239 e. The van der Waals surface area contributed by atoms with Gasteiger partial charge in [-0.15, -0.1) is 0 Å². The second kappa shape index (κ2) is 7.44. The van der Waals surface area contributed by atoms with Crippen molar-refractivity contribution in [2.45, 2.75) is 24.6 Å². The molecule has 0 spiro atoms. The molecule has 2 unspecified atom stereocenters. The van der Waals surface area contributed by atoms with Crippen molar-refractivity contribution in [1.29, 1.82) is 0 Å². The fourth-order valence-electron chi connectivity index (χ4n) is 2.30. The molecule has 0 amide bonds. The zero-order chi connectivity index (χ0) is 17.0. The van der Waals surface area contributed by atoms with Crippen LogP contribution in [0.4, 0.5) is 10.2 Å². The number of nitrogens with zero attached hydrogens (tertiary/aromatic N) is 4. The highest BCUT2D eigenvalue weighted by atomic mass is 19.1. The van der Waals surface area contributed by atoms with Gasteiger partial charge in [0.15, 0.2) is 23.9 Å². The first-order valence-corrected chi connectivity index (χ1v) is 6.91. The summed E-state index contributed by atoms with van der Waals surface area (Å²) < 4.78 is 26.2. The first-order chi connectivity index (χ1) is 11.1. The number of aliphatic imine (C=N–C) groups is 2. The van der Waals surface area contributed by atoms with Gasteiger partial charge in [0.25, 0.3) is 0 Å². The number of ether oxygens (including phenoxy) is 2. The Bertz CT molecular complexity index is 604. The lowest BCUT2D eigenvalue weighted by Gasteiger charge is -2.16. The summed E-state index contributed by atoms with van der Waals surface area (Å²) >= 11 is 0. The number of aliphatic hydroxyl groups is 2. The molecule has 1 aromatic rings.